The van der Waals surface area contributed by atoms with E-state index in [-0.39, 0.29) is 12.5 Å². The van der Waals surface area contributed by atoms with Crippen LogP contribution < -0.4 is 14.8 Å². The lowest BCUT2D eigenvalue weighted by Crippen LogP contribution is -2.19. The molecule has 1 unspecified atom stereocenters. The average molecular weight is 380 g/mol. The smallest absolute Gasteiger partial charge is 0.259 e. The number of aryl methyl sites for hydroxylation is 1. The molecule has 0 aromatic heterocycles. The molecule has 0 bridgehead atoms. The number of benzene rings is 2. The molecule has 1 amide bonds. The van der Waals surface area contributed by atoms with Crippen LogP contribution in [0.25, 0.3) is 0 Å². The molecule has 8 heteroatoms. The molecule has 134 valence electrons. The van der Waals surface area contributed by atoms with E-state index in [0.29, 0.717) is 22.7 Å². The van der Waals surface area contributed by atoms with Crippen LogP contribution in [0.4, 0.5) is 5.69 Å². The predicted octanol–water partition coefficient (Wildman–Crippen LogP) is 3.69. The zero-order valence-electron chi connectivity index (χ0n) is 14.2. The Hall–Kier alpha value is -2.03. The molecule has 3 N–H and O–H groups in total. The topological polar surface area (TPSA) is 87.7 Å². The van der Waals surface area contributed by atoms with Gasteiger partial charge in [-0.2, -0.15) is 0 Å². The van der Waals surface area contributed by atoms with Crippen molar-refractivity contribution in [2.24, 2.45) is 0 Å². The van der Waals surface area contributed by atoms with E-state index in [0.717, 1.165) is 5.56 Å². The van der Waals surface area contributed by atoms with Crippen molar-refractivity contribution < 1.29 is 18.3 Å². The monoisotopic (exact) mass is 380 g/mol. The van der Waals surface area contributed by atoms with Gasteiger partial charge in [0.05, 0.1) is 0 Å². The summed E-state index contributed by atoms with van der Waals surface area (Å²) >= 11 is -0.501. The summed E-state index contributed by atoms with van der Waals surface area (Å²) in [5.74, 6) is 1.08. The van der Waals surface area contributed by atoms with E-state index in [9.17, 15) is 9.00 Å². The van der Waals surface area contributed by atoms with Gasteiger partial charge >= 0.3 is 0 Å². The maximum absolute atomic E-state index is 11.2. The molecule has 0 aliphatic rings. The van der Waals surface area contributed by atoms with E-state index in [1.165, 1.54) is 11.8 Å². The van der Waals surface area contributed by atoms with E-state index in [4.69, 9.17) is 9.29 Å². The molecule has 0 spiro atoms. The lowest BCUT2D eigenvalue weighted by Gasteiger charge is -2.14. The number of nitrogens with one attached hydrogen (secondary N) is 2. The summed E-state index contributed by atoms with van der Waals surface area (Å²) in [5, 5.41) is 2.71. The zero-order chi connectivity index (χ0) is 18.4. The number of hydrogen-bond donors (Lipinski definition) is 3. The molecule has 1 atom stereocenters. The van der Waals surface area contributed by atoms with E-state index in [1.54, 1.807) is 30.0 Å². The normalized spacial score (nSPS) is 11.7. The SMILES string of the molecule is CSc1ccc(Oc2ccc(NS(=O)O)cc2CNC(C)=O)cc1C. The number of amides is 1. The maximum Gasteiger partial charge on any atom is 0.259 e. The van der Waals surface area contributed by atoms with Crippen LogP contribution in [0.1, 0.15) is 18.1 Å². The fourth-order valence-electron chi connectivity index (χ4n) is 2.24. The number of ether oxygens (including phenoxy) is 1. The molecular formula is C17H20N2O4S2. The molecule has 6 nitrogen and oxygen atoms in total. The number of thioether (sulfide) groups is 1. The van der Waals surface area contributed by atoms with Crippen LogP contribution in [0.3, 0.4) is 0 Å². The number of rotatable bonds is 7. The summed E-state index contributed by atoms with van der Waals surface area (Å²) < 4.78 is 28.2. The predicted molar refractivity (Wildman–Crippen MR) is 101 cm³/mol. The first kappa shape index (κ1) is 19.3. The quantitative estimate of drug-likeness (QED) is 0.504. The third-order valence-electron chi connectivity index (χ3n) is 3.39. The second kappa shape index (κ2) is 8.89. The summed E-state index contributed by atoms with van der Waals surface area (Å²) in [7, 11) is 0. The average Bonchev–Trinajstić information content (AvgIpc) is 2.54. The highest BCUT2D eigenvalue weighted by Crippen LogP contribution is 2.31. The molecule has 2 rings (SSSR count). The molecule has 2 aromatic rings. The van der Waals surface area contributed by atoms with Crippen LogP contribution >= 0.6 is 11.8 Å². The van der Waals surface area contributed by atoms with Crippen LogP contribution in [-0.4, -0.2) is 20.9 Å². The first-order chi connectivity index (χ1) is 11.9. The van der Waals surface area contributed by atoms with Crippen LogP contribution in [0.15, 0.2) is 41.3 Å². The molecule has 0 radical (unpaired) electrons. The molecule has 0 saturated heterocycles. The van der Waals surface area contributed by atoms with Crippen molar-refractivity contribution in [1.82, 2.24) is 5.32 Å². The van der Waals surface area contributed by atoms with Crippen molar-refractivity contribution >= 4 is 34.6 Å². The summed E-state index contributed by atoms with van der Waals surface area (Å²) in [6.07, 6.45) is 2.02. The summed E-state index contributed by atoms with van der Waals surface area (Å²) in [6, 6.07) is 10.8. The van der Waals surface area contributed by atoms with Gasteiger partial charge in [0, 0.05) is 29.6 Å². The van der Waals surface area contributed by atoms with Crippen LogP contribution in [0.2, 0.25) is 0 Å². The van der Waals surface area contributed by atoms with E-state index >= 15 is 0 Å². The Bertz CT molecular complexity index is 796. The molecule has 0 saturated carbocycles. The Morgan fingerprint density at radius 2 is 2.04 bits per heavy atom. The molecule has 0 aliphatic carbocycles. The molecule has 0 fully saturated rings. The van der Waals surface area contributed by atoms with Crippen molar-refractivity contribution in [3.05, 3.63) is 47.5 Å². The van der Waals surface area contributed by atoms with Gasteiger partial charge in [-0.15, -0.1) is 11.8 Å². The minimum absolute atomic E-state index is 0.171. The van der Waals surface area contributed by atoms with Gasteiger partial charge < -0.3 is 10.1 Å². The Kier molecular flexibility index (Phi) is 6.86. The van der Waals surface area contributed by atoms with Gasteiger partial charge in [-0.1, -0.05) is 0 Å². The van der Waals surface area contributed by atoms with Gasteiger partial charge in [0.25, 0.3) is 11.3 Å². The van der Waals surface area contributed by atoms with Gasteiger partial charge in [-0.3, -0.25) is 14.1 Å². The minimum Gasteiger partial charge on any atom is -0.457 e. The van der Waals surface area contributed by atoms with E-state index in [1.807, 2.05) is 31.4 Å². The Morgan fingerprint density at radius 1 is 1.28 bits per heavy atom. The van der Waals surface area contributed by atoms with Crippen molar-refractivity contribution in [2.45, 2.75) is 25.3 Å². The number of carbonyl (C=O) groups is 1. The third kappa shape index (κ3) is 5.77. The van der Waals surface area contributed by atoms with Gasteiger partial charge in [-0.25, -0.2) is 4.21 Å². The Balaban J connectivity index is 2.29. The molecule has 25 heavy (non-hydrogen) atoms. The van der Waals surface area contributed by atoms with Crippen molar-refractivity contribution in [3.8, 4) is 11.5 Å². The van der Waals surface area contributed by atoms with Crippen molar-refractivity contribution in [3.63, 3.8) is 0 Å². The zero-order valence-corrected chi connectivity index (χ0v) is 15.8. The van der Waals surface area contributed by atoms with Crippen LogP contribution in [0.5, 0.6) is 11.5 Å². The number of carbonyl (C=O) groups excluding carboxylic acids is 1. The van der Waals surface area contributed by atoms with E-state index in [2.05, 4.69) is 10.0 Å². The highest BCUT2D eigenvalue weighted by molar-refractivity contribution is 7.98. The maximum atomic E-state index is 11.2. The third-order valence-corrected chi connectivity index (χ3v) is 4.70. The van der Waals surface area contributed by atoms with Crippen molar-refractivity contribution in [1.29, 1.82) is 0 Å². The first-order valence-electron chi connectivity index (χ1n) is 7.46. The highest BCUT2D eigenvalue weighted by Gasteiger charge is 2.09. The molecular weight excluding hydrogens is 360 g/mol. The first-order valence-corrected chi connectivity index (χ1v) is 9.79. The standard InChI is InChI=1S/C17H20N2O4S2/c1-11-8-15(5-7-17(11)24-3)23-16-6-4-14(19-25(21)22)9-13(16)10-18-12(2)20/h4-9,19H,10H2,1-3H3,(H,18,20)(H,21,22). The van der Waals surface area contributed by atoms with Gasteiger partial charge in [0.1, 0.15) is 11.5 Å². The lowest BCUT2D eigenvalue weighted by molar-refractivity contribution is -0.119. The second-order valence-electron chi connectivity index (χ2n) is 5.32. The fraction of sp³-hybridized carbons (Fsp3) is 0.235. The second-order valence-corrected chi connectivity index (χ2v) is 6.87. The number of anilines is 1. The fourth-order valence-corrected chi connectivity index (χ4v) is 3.16. The minimum atomic E-state index is -2.17. The van der Waals surface area contributed by atoms with Gasteiger partial charge in [0.2, 0.25) is 5.91 Å². The van der Waals surface area contributed by atoms with E-state index < -0.39 is 11.3 Å². The highest BCUT2D eigenvalue weighted by atomic mass is 32.2. The summed E-state index contributed by atoms with van der Waals surface area (Å²) in [6.45, 7) is 3.69. The Labute approximate surface area is 153 Å². The van der Waals surface area contributed by atoms with Crippen molar-refractivity contribution in [2.75, 3.05) is 11.0 Å². The molecule has 0 aliphatic heterocycles. The van der Waals surface area contributed by atoms with Gasteiger partial charge in [-0.05, 0) is 55.1 Å². The molecule has 0 heterocycles. The summed E-state index contributed by atoms with van der Waals surface area (Å²) in [5.41, 5.74) is 2.27. The largest absolute Gasteiger partial charge is 0.457 e. The van der Waals surface area contributed by atoms with Crippen LogP contribution in [0, 0.1) is 6.92 Å². The molecule has 2 aromatic carbocycles. The van der Waals surface area contributed by atoms with Gasteiger partial charge in [0.15, 0.2) is 0 Å². The Morgan fingerprint density at radius 3 is 2.64 bits per heavy atom. The lowest BCUT2D eigenvalue weighted by atomic mass is 10.1. The van der Waals surface area contributed by atoms with Crippen LogP contribution in [-0.2, 0) is 22.6 Å². The summed E-state index contributed by atoms with van der Waals surface area (Å²) in [4.78, 5) is 12.4. The number of hydrogen-bond acceptors (Lipinski definition) is 4.